The number of hydrogen-bond acceptors (Lipinski definition) is 3. The number of hydrogen-bond donors (Lipinski definition) is 1. The van der Waals surface area contributed by atoms with Gasteiger partial charge in [0.05, 0.1) is 11.4 Å². The summed E-state index contributed by atoms with van der Waals surface area (Å²) in [7, 11) is 0. The topological polar surface area (TPSA) is 60.8 Å². The van der Waals surface area contributed by atoms with Gasteiger partial charge in [-0.05, 0) is 86.2 Å². The molecule has 318 valence electrons. The summed E-state index contributed by atoms with van der Waals surface area (Å²) in [5, 5.41) is 16.8. The summed E-state index contributed by atoms with van der Waals surface area (Å²) in [6.07, 6.45) is 3.96. The maximum Gasteiger partial charge on any atom is 0.218 e. The van der Waals surface area contributed by atoms with Crippen molar-refractivity contribution in [1.29, 1.82) is 0 Å². The second-order valence-electron chi connectivity index (χ2n) is 19.8. The number of imidazole rings is 1. The largest absolute Gasteiger partial charge is 0.507 e. The smallest absolute Gasteiger partial charge is 0.218 e. The fourth-order valence-electron chi connectivity index (χ4n) is 8.99. The van der Waals surface area contributed by atoms with Gasteiger partial charge in [0, 0.05) is 61.2 Å². The molecule has 0 radical (unpaired) electrons. The third kappa shape index (κ3) is 7.09. The maximum absolute atomic E-state index is 12.3. The standard InChI is InChI=1S/C56H52N5O.Pt/c1-54(2,3)36-26-27-46(40(29-36)35-19-11-10-12-20-35)59-34-45(43-30-37(55(4,5)6)31-44(52(43)62)56(7,8)9)58-53(59)61-48-24-16-14-22-39(48)42-32-41-38-21-13-15-23-47(38)60(49(41)33-50(42)61)51-25-17-18-28-57-51;/h10-32,34,62H,1-9H3;/q-1;. The van der Waals surface area contributed by atoms with Gasteiger partial charge in [0.1, 0.15) is 11.6 Å². The van der Waals surface area contributed by atoms with Gasteiger partial charge in [-0.25, -0.2) is 9.97 Å². The Bertz CT molecular complexity index is 3350. The van der Waals surface area contributed by atoms with Crippen molar-refractivity contribution in [2.45, 2.75) is 78.6 Å². The number of rotatable bonds is 5. The molecular weight excluding hydrogens is 954 g/mol. The van der Waals surface area contributed by atoms with Gasteiger partial charge in [0.2, 0.25) is 5.95 Å². The molecule has 0 spiro atoms. The van der Waals surface area contributed by atoms with Crippen LogP contribution in [0.4, 0.5) is 0 Å². The number of para-hydroxylation sites is 2. The van der Waals surface area contributed by atoms with Gasteiger partial charge in [0.15, 0.2) is 0 Å². The Balaban J connectivity index is 0.00000504. The zero-order valence-electron chi connectivity index (χ0n) is 37.4. The average molecular weight is 1010 g/mol. The fourth-order valence-corrected chi connectivity index (χ4v) is 8.99. The number of pyridine rings is 1. The first-order valence-corrected chi connectivity index (χ1v) is 21.6. The molecule has 4 heterocycles. The van der Waals surface area contributed by atoms with E-state index in [1.54, 1.807) is 0 Å². The molecule has 0 atom stereocenters. The summed E-state index contributed by atoms with van der Waals surface area (Å²) in [5.74, 6) is 1.78. The van der Waals surface area contributed by atoms with Crippen molar-refractivity contribution in [2.75, 3.05) is 0 Å². The summed E-state index contributed by atoms with van der Waals surface area (Å²) in [5.41, 5.74) is 11.2. The molecule has 7 heteroatoms. The minimum atomic E-state index is -0.312. The van der Waals surface area contributed by atoms with Crippen molar-refractivity contribution in [2.24, 2.45) is 0 Å². The van der Waals surface area contributed by atoms with E-state index in [4.69, 9.17) is 9.97 Å². The summed E-state index contributed by atoms with van der Waals surface area (Å²) in [6, 6.07) is 51.1. The molecule has 6 aromatic carbocycles. The molecule has 0 saturated carbocycles. The average Bonchev–Trinajstić information content (AvgIpc) is 3.92. The van der Waals surface area contributed by atoms with Crippen LogP contribution in [0.1, 0.15) is 79.0 Å². The zero-order chi connectivity index (χ0) is 43.3. The molecule has 0 fully saturated rings. The SMILES string of the molecule is CC(C)(C)c1ccc(-n2cc(-c3cc(C(C)(C)C)cc(C(C)(C)C)c3O)nc2-n2c3[c-]c4c(cc3c3ccccc32)c2ccccc2n4-c2ccccn2)c(-c2ccccc2)c1.[Pt]. The van der Waals surface area contributed by atoms with Crippen LogP contribution in [0.3, 0.4) is 0 Å². The number of aromatic hydroxyl groups is 1. The van der Waals surface area contributed by atoms with E-state index in [1.165, 1.54) is 5.56 Å². The van der Waals surface area contributed by atoms with E-state index in [0.717, 1.165) is 77.4 Å². The first-order chi connectivity index (χ1) is 29.6. The monoisotopic (exact) mass is 1010 g/mol. The molecule has 63 heavy (non-hydrogen) atoms. The van der Waals surface area contributed by atoms with Crippen LogP contribution in [0.5, 0.6) is 5.75 Å². The van der Waals surface area contributed by atoms with Crippen molar-refractivity contribution in [3.63, 3.8) is 0 Å². The Morgan fingerprint density at radius 1 is 0.540 bits per heavy atom. The van der Waals surface area contributed by atoms with E-state index >= 15 is 0 Å². The summed E-state index contributed by atoms with van der Waals surface area (Å²) in [6.45, 7) is 19.9. The third-order valence-corrected chi connectivity index (χ3v) is 12.4. The molecule has 0 aliphatic rings. The van der Waals surface area contributed by atoms with Crippen molar-refractivity contribution in [3.8, 4) is 45.6 Å². The van der Waals surface area contributed by atoms with Crippen molar-refractivity contribution in [1.82, 2.24) is 23.7 Å². The maximum atomic E-state index is 12.3. The van der Waals surface area contributed by atoms with Crippen LogP contribution in [0.15, 0.2) is 146 Å². The third-order valence-electron chi connectivity index (χ3n) is 12.4. The van der Waals surface area contributed by atoms with Crippen LogP contribution in [0, 0.1) is 6.07 Å². The predicted molar refractivity (Wildman–Crippen MR) is 258 cm³/mol. The molecule has 1 N–H and O–H groups in total. The molecule has 10 rings (SSSR count). The number of phenols is 1. The Morgan fingerprint density at radius 2 is 1.13 bits per heavy atom. The minimum absolute atomic E-state index is 0. The fraction of sp³-hybridized carbons (Fsp3) is 0.214. The molecule has 0 aliphatic heterocycles. The Kier molecular flexibility index (Phi) is 10.2. The molecule has 4 aromatic heterocycles. The van der Waals surface area contributed by atoms with Crippen molar-refractivity contribution in [3.05, 3.63) is 169 Å². The number of benzene rings is 6. The molecule has 0 bridgehead atoms. The normalized spacial score (nSPS) is 12.5. The van der Waals surface area contributed by atoms with E-state index in [1.807, 2.05) is 18.3 Å². The van der Waals surface area contributed by atoms with E-state index < -0.39 is 0 Å². The van der Waals surface area contributed by atoms with Crippen molar-refractivity contribution < 1.29 is 26.2 Å². The van der Waals surface area contributed by atoms with Gasteiger partial charge in [0.25, 0.3) is 0 Å². The molecular formula is C56H52N5OPt-. The molecule has 6 nitrogen and oxygen atoms in total. The zero-order valence-corrected chi connectivity index (χ0v) is 39.6. The number of phenolic OH excluding ortho intramolecular Hbond substituents is 1. The molecule has 0 amide bonds. The van der Waals surface area contributed by atoms with E-state index in [9.17, 15) is 5.11 Å². The molecule has 0 unspecified atom stereocenters. The quantitative estimate of drug-likeness (QED) is 0.175. The van der Waals surface area contributed by atoms with Gasteiger partial charge in [-0.15, -0.1) is 16.8 Å². The first-order valence-electron chi connectivity index (χ1n) is 21.6. The number of fused-ring (bicyclic) bond motifs is 6. The number of nitrogens with zero attached hydrogens (tertiary/aromatic N) is 5. The Labute approximate surface area is 384 Å². The molecule has 0 aliphatic carbocycles. The predicted octanol–water partition coefficient (Wildman–Crippen LogP) is 14.2. The van der Waals surface area contributed by atoms with Crippen LogP contribution in [-0.4, -0.2) is 28.8 Å². The van der Waals surface area contributed by atoms with Gasteiger partial charge in [-0.2, -0.15) is 6.07 Å². The molecule has 10 aromatic rings. The van der Waals surface area contributed by atoms with Crippen molar-refractivity contribution >= 4 is 43.6 Å². The van der Waals surface area contributed by atoms with Crippen LogP contribution in [0.2, 0.25) is 0 Å². The minimum Gasteiger partial charge on any atom is -0.507 e. The van der Waals surface area contributed by atoms with Crippen LogP contribution < -0.4 is 0 Å². The summed E-state index contributed by atoms with van der Waals surface area (Å²) >= 11 is 0. The van der Waals surface area contributed by atoms with Gasteiger partial charge in [-0.1, -0.05) is 158 Å². The van der Waals surface area contributed by atoms with E-state index in [0.29, 0.717) is 17.2 Å². The second kappa shape index (κ2) is 15.2. The van der Waals surface area contributed by atoms with E-state index in [-0.39, 0.29) is 43.1 Å². The summed E-state index contributed by atoms with van der Waals surface area (Å²) < 4.78 is 6.70. The van der Waals surface area contributed by atoms with Crippen LogP contribution >= 0.6 is 0 Å². The van der Waals surface area contributed by atoms with Gasteiger partial charge >= 0.3 is 0 Å². The number of aromatic nitrogens is 5. The Hall–Kier alpha value is -6.23. The Morgan fingerprint density at radius 3 is 1.75 bits per heavy atom. The summed E-state index contributed by atoms with van der Waals surface area (Å²) in [4.78, 5) is 10.5. The van der Waals surface area contributed by atoms with Gasteiger partial charge < -0.3 is 14.2 Å². The van der Waals surface area contributed by atoms with Gasteiger partial charge in [-0.3, -0.25) is 4.57 Å². The van der Waals surface area contributed by atoms with Crippen LogP contribution in [-0.2, 0) is 37.3 Å². The van der Waals surface area contributed by atoms with E-state index in [2.05, 4.69) is 210 Å². The van der Waals surface area contributed by atoms with Crippen LogP contribution in [0.25, 0.3) is 83.4 Å². The first kappa shape index (κ1) is 42.1. The second-order valence-corrected chi connectivity index (χ2v) is 19.8. The molecule has 0 saturated heterocycles.